The van der Waals surface area contributed by atoms with Gasteiger partial charge in [0.2, 0.25) is 5.91 Å². The summed E-state index contributed by atoms with van der Waals surface area (Å²) >= 11 is 1.68. The zero-order valence-electron chi connectivity index (χ0n) is 13.1. The fourth-order valence-electron chi connectivity index (χ4n) is 2.37. The zero-order chi connectivity index (χ0) is 15.9. The minimum atomic E-state index is -0.0371. The number of carbonyl (C=O) groups excluding carboxylic acids is 1. The lowest BCUT2D eigenvalue weighted by molar-refractivity contribution is -0.115. The zero-order valence-corrected chi connectivity index (χ0v) is 14.7. The minimum Gasteiger partial charge on any atom is -0.324 e. The van der Waals surface area contributed by atoms with Crippen LogP contribution in [0, 0.1) is 0 Å². The van der Waals surface area contributed by atoms with Crippen molar-refractivity contribution in [1.82, 2.24) is 5.32 Å². The highest BCUT2D eigenvalue weighted by Gasteiger charge is 2.07. The molecule has 0 fully saturated rings. The third kappa shape index (κ3) is 4.93. The molecule has 0 bridgehead atoms. The highest BCUT2D eigenvalue weighted by Crippen LogP contribution is 2.27. The summed E-state index contributed by atoms with van der Waals surface area (Å²) in [6.07, 6.45) is 0. The van der Waals surface area contributed by atoms with Gasteiger partial charge in [-0.3, -0.25) is 4.79 Å². The Morgan fingerprint density at radius 1 is 0.917 bits per heavy atom. The van der Waals surface area contributed by atoms with E-state index in [-0.39, 0.29) is 18.3 Å². The molecule has 2 N–H and O–H groups in total. The number of rotatable bonds is 6. The molecule has 3 aromatic rings. The summed E-state index contributed by atoms with van der Waals surface area (Å²) in [6, 6.07) is 22.0. The monoisotopic (exact) mass is 358 g/mol. The first-order valence-electron chi connectivity index (χ1n) is 7.50. The van der Waals surface area contributed by atoms with Gasteiger partial charge in [0.1, 0.15) is 0 Å². The number of benzene rings is 2. The first-order chi connectivity index (χ1) is 11.3. The number of nitrogens with one attached hydrogen (secondary N) is 2. The summed E-state index contributed by atoms with van der Waals surface area (Å²) in [5.41, 5.74) is 2.95. The number of anilines is 1. The Labute approximate surface area is 152 Å². The molecule has 24 heavy (non-hydrogen) atoms. The number of hydrogen-bond acceptors (Lipinski definition) is 3. The molecular weight excluding hydrogens is 340 g/mol. The molecule has 0 aliphatic rings. The van der Waals surface area contributed by atoms with E-state index in [1.54, 1.807) is 11.3 Å². The van der Waals surface area contributed by atoms with Crippen LogP contribution in [0.5, 0.6) is 0 Å². The predicted octanol–water partition coefficient (Wildman–Crippen LogP) is 4.57. The van der Waals surface area contributed by atoms with Crippen molar-refractivity contribution >= 4 is 35.3 Å². The predicted molar refractivity (Wildman–Crippen MR) is 104 cm³/mol. The van der Waals surface area contributed by atoms with Gasteiger partial charge in [0.25, 0.3) is 0 Å². The van der Waals surface area contributed by atoms with Gasteiger partial charge in [-0.2, -0.15) is 0 Å². The van der Waals surface area contributed by atoms with Crippen molar-refractivity contribution < 1.29 is 4.79 Å². The van der Waals surface area contributed by atoms with E-state index in [2.05, 4.69) is 16.7 Å². The molecule has 0 aliphatic heterocycles. The standard InChI is InChI=1S/C19H18N2OS.ClH/c22-19(14-20-13-16-9-6-12-23-16)21-18-11-5-4-10-17(18)15-7-2-1-3-8-15;/h1-12,20H,13-14H2,(H,21,22);1H. The summed E-state index contributed by atoms with van der Waals surface area (Å²) in [6.45, 7) is 1.01. The average Bonchev–Trinajstić information content (AvgIpc) is 3.09. The second kappa shape index (κ2) is 9.23. The fraction of sp³-hybridized carbons (Fsp3) is 0.105. The number of para-hydroxylation sites is 1. The van der Waals surface area contributed by atoms with Crippen molar-refractivity contribution in [3.63, 3.8) is 0 Å². The van der Waals surface area contributed by atoms with Gasteiger partial charge in [0.05, 0.1) is 6.54 Å². The number of carbonyl (C=O) groups is 1. The second-order valence-electron chi connectivity index (χ2n) is 5.14. The molecule has 0 unspecified atom stereocenters. The van der Waals surface area contributed by atoms with Gasteiger partial charge in [-0.1, -0.05) is 54.6 Å². The van der Waals surface area contributed by atoms with E-state index in [0.29, 0.717) is 13.1 Å². The Balaban J connectivity index is 0.00000208. The van der Waals surface area contributed by atoms with Crippen LogP contribution in [0.3, 0.4) is 0 Å². The van der Waals surface area contributed by atoms with Crippen LogP contribution in [-0.2, 0) is 11.3 Å². The maximum atomic E-state index is 12.2. The summed E-state index contributed by atoms with van der Waals surface area (Å²) in [4.78, 5) is 13.4. The van der Waals surface area contributed by atoms with Crippen LogP contribution >= 0.6 is 23.7 Å². The van der Waals surface area contributed by atoms with Crippen LogP contribution in [0.2, 0.25) is 0 Å². The molecule has 3 nitrogen and oxygen atoms in total. The van der Waals surface area contributed by atoms with Crippen LogP contribution in [0.25, 0.3) is 11.1 Å². The van der Waals surface area contributed by atoms with Gasteiger partial charge in [-0.05, 0) is 23.1 Å². The molecule has 0 saturated carbocycles. The van der Waals surface area contributed by atoms with E-state index in [1.165, 1.54) is 4.88 Å². The molecule has 124 valence electrons. The molecule has 1 heterocycles. The smallest absolute Gasteiger partial charge is 0.238 e. The summed E-state index contributed by atoms with van der Waals surface area (Å²) < 4.78 is 0. The number of amides is 1. The van der Waals surface area contributed by atoms with E-state index in [1.807, 2.05) is 66.0 Å². The Morgan fingerprint density at radius 3 is 2.42 bits per heavy atom. The number of hydrogen-bond donors (Lipinski definition) is 2. The van der Waals surface area contributed by atoms with Crippen molar-refractivity contribution in [1.29, 1.82) is 0 Å². The molecule has 5 heteroatoms. The van der Waals surface area contributed by atoms with Gasteiger partial charge in [-0.15, -0.1) is 23.7 Å². The van der Waals surface area contributed by atoms with E-state index >= 15 is 0 Å². The van der Waals surface area contributed by atoms with E-state index < -0.39 is 0 Å². The maximum Gasteiger partial charge on any atom is 0.238 e. The largest absolute Gasteiger partial charge is 0.324 e. The second-order valence-corrected chi connectivity index (χ2v) is 6.17. The van der Waals surface area contributed by atoms with E-state index in [9.17, 15) is 4.79 Å². The molecule has 0 spiro atoms. The highest BCUT2D eigenvalue weighted by atomic mass is 35.5. The average molecular weight is 359 g/mol. The van der Waals surface area contributed by atoms with Crippen LogP contribution < -0.4 is 10.6 Å². The molecule has 0 saturated heterocycles. The van der Waals surface area contributed by atoms with Crippen molar-refractivity contribution in [3.05, 3.63) is 77.0 Å². The van der Waals surface area contributed by atoms with Gasteiger partial charge >= 0.3 is 0 Å². The van der Waals surface area contributed by atoms with Crippen LogP contribution in [0.1, 0.15) is 4.88 Å². The SMILES string of the molecule is Cl.O=C(CNCc1cccs1)Nc1ccccc1-c1ccccc1. The Morgan fingerprint density at radius 2 is 1.67 bits per heavy atom. The lowest BCUT2D eigenvalue weighted by Crippen LogP contribution is -2.27. The fourth-order valence-corrected chi connectivity index (χ4v) is 3.04. The first kappa shape index (κ1) is 18.2. The van der Waals surface area contributed by atoms with Gasteiger partial charge in [0, 0.05) is 22.7 Å². The van der Waals surface area contributed by atoms with Gasteiger partial charge < -0.3 is 10.6 Å². The topological polar surface area (TPSA) is 41.1 Å². The van der Waals surface area contributed by atoms with Crippen LogP contribution in [0.4, 0.5) is 5.69 Å². The third-order valence-electron chi connectivity index (χ3n) is 3.45. The lowest BCUT2D eigenvalue weighted by atomic mass is 10.0. The molecule has 1 amide bonds. The Bertz CT molecular complexity index is 760. The summed E-state index contributed by atoms with van der Waals surface area (Å²) in [5.74, 6) is -0.0371. The third-order valence-corrected chi connectivity index (χ3v) is 4.33. The number of thiophene rings is 1. The summed E-state index contributed by atoms with van der Waals surface area (Å²) in [7, 11) is 0. The van der Waals surface area contributed by atoms with E-state index in [4.69, 9.17) is 0 Å². The molecule has 1 aromatic heterocycles. The summed E-state index contributed by atoms with van der Waals surface area (Å²) in [5, 5.41) is 8.19. The Hall–Kier alpha value is -2.14. The molecule has 2 aromatic carbocycles. The molecular formula is C19H19ClN2OS. The maximum absolute atomic E-state index is 12.2. The Kier molecular flexibility index (Phi) is 7.00. The molecule has 3 rings (SSSR count). The van der Waals surface area contributed by atoms with Crippen molar-refractivity contribution in [2.75, 3.05) is 11.9 Å². The first-order valence-corrected chi connectivity index (χ1v) is 8.38. The molecule has 0 atom stereocenters. The van der Waals surface area contributed by atoms with Crippen LogP contribution in [-0.4, -0.2) is 12.5 Å². The molecule has 0 radical (unpaired) electrons. The van der Waals surface area contributed by atoms with Crippen LogP contribution in [0.15, 0.2) is 72.1 Å². The minimum absolute atomic E-state index is 0. The van der Waals surface area contributed by atoms with Gasteiger partial charge in [-0.25, -0.2) is 0 Å². The normalized spacial score (nSPS) is 10.0. The lowest BCUT2D eigenvalue weighted by Gasteiger charge is -2.11. The van der Waals surface area contributed by atoms with Crippen molar-refractivity contribution in [2.24, 2.45) is 0 Å². The van der Waals surface area contributed by atoms with Gasteiger partial charge in [0.15, 0.2) is 0 Å². The van der Waals surface area contributed by atoms with Crippen molar-refractivity contribution in [2.45, 2.75) is 6.54 Å². The highest BCUT2D eigenvalue weighted by molar-refractivity contribution is 7.09. The van der Waals surface area contributed by atoms with Crippen molar-refractivity contribution in [3.8, 4) is 11.1 Å². The number of halogens is 1. The quantitative estimate of drug-likeness (QED) is 0.678. The molecule has 0 aliphatic carbocycles. The van der Waals surface area contributed by atoms with E-state index in [0.717, 1.165) is 16.8 Å².